The third-order valence-electron chi connectivity index (χ3n) is 1.71. The van der Waals surface area contributed by atoms with Crippen LogP contribution in [0.4, 0.5) is 0 Å². The Morgan fingerprint density at radius 3 is 2.33 bits per heavy atom. The molecule has 0 aromatic carbocycles. The zero-order valence-corrected chi connectivity index (χ0v) is 8.61. The summed E-state index contributed by atoms with van der Waals surface area (Å²) in [6, 6.07) is 0. The maximum atomic E-state index is 5.35. The minimum Gasteiger partial charge on any atom is -0.386 e. The van der Waals surface area contributed by atoms with Crippen LogP contribution in [-0.2, 0) is 0 Å². The normalized spacial score (nSPS) is 11.2. The predicted octanol–water partition coefficient (Wildman–Crippen LogP) is 2.22. The van der Waals surface area contributed by atoms with Gasteiger partial charge in [-0.05, 0) is 18.3 Å². The first-order valence-corrected chi connectivity index (χ1v) is 4.60. The highest BCUT2D eigenvalue weighted by atomic mass is 15.0. The maximum Gasteiger partial charge on any atom is 0.0885 e. The Hall–Kier alpha value is -0.660. The smallest absolute Gasteiger partial charge is 0.0885 e. The minimum atomic E-state index is 0.458. The number of rotatable bonds is 5. The lowest BCUT2D eigenvalue weighted by molar-refractivity contribution is 0.359. The van der Waals surface area contributed by atoms with Crippen molar-refractivity contribution in [3.63, 3.8) is 0 Å². The Balaban J connectivity index is 3.17. The average molecular weight is 170 g/mol. The van der Waals surface area contributed by atoms with Gasteiger partial charge in [0.1, 0.15) is 0 Å². The molecule has 0 radical (unpaired) electrons. The summed E-state index contributed by atoms with van der Waals surface area (Å²) in [5.41, 5.74) is 5.81. The summed E-state index contributed by atoms with van der Waals surface area (Å²) >= 11 is 0. The third kappa shape index (κ3) is 9.34. The van der Waals surface area contributed by atoms with Crippen LogP contribution in [0.25, 0.3) is 0 Å². The molecule has 0 saturated carbocycles. The van der Waals surface area contributed by atoms with Crippen LogP contribution in [0.3, 0.4) is 0 Å². The average Bonchev–Trinajstić information content (AvgIpc) is 1.83. The quantitative estimate of drug-likeness (QED) is 0.621. The van der Waals surface area contributed by atoms with E-state index in [1.54, 1.807) is 0 Å². The highest BCUT2D eigenvalue weighted by molar-refractivity contribution is 4.81. The van der Waals surface area contributed by atoms with Crippen molar-refractivity contribution in [3.05, 3.63) is 12.4 Å². The summed E-state index contributed by atoms with van der Waals surface area (Å²) in [7, 11) is 0. The van der Waals surface area contributed by atoms with Crippen molar-refractivity contribution in [3.8, 4) is 0 Å². The molecule has 0 aliphatic heterocycles. The minimum absolute atomic E-state index is 0.458. The van der Waals surface area contributed by atoms with Crippen LogP contribution in [0.15, 0.2) is 12.4 Å². The van der Waals surface area contributed by atoms with E-state index in [0.717, 1.165) is 6.54 Å². The molecular weight excluding hydrogens is 148 g/mol. The van der Waals surface area contributed by atoms with Crippen LogP contribution >= 0.6 is 0 Å². The number of nitrogens with one attached hydrogen (secondary N) is 1. The Labute approximate surface area is 76.2 Å². The van der Waals surface area contributed by atoms with Crippen molar-refractivity contribution >= 4 is 0 Å². The number of unbranched alkanes of at least 4 members (excludes halogenated alkanes) is 1. The second-order valence-corrected chi connectivity index (χ2v) is 4.47. The summed E-state index contributed by atoms with van der Waals surface area (Å²) < 4.78 is 0. The zero-order chi connectivity index (χ0) is 9.61. The van der Waals surface area contributed by atoms with Gasteiger partial charge in [-0.15, -0.1) is 0 Å². The molecule has 0 aliphatic rings. The van der Waals surface area contributed by atoms with E-state index in [4.69, 9.17) is 5.73 Å². The van der Waals surface area contributed by atoms with Crippen LogP contribution in [-0.4, -0.2) is 6.54 Å². The van der Waals surface area contributed by atoms with E-state index in [1.807, 2.05) is 0 Å². The first-order chi connectivity index (χ1) is 5.42. The van der Waals surface area contributed by atoms with Crippen molar-refractivity contribution in [1.29, 1.82) is 0 Å². The Bertz CT molecular complexity index is 133. The van der Waals surface area contributed by atoms with E-state index in [9.17, 15) is 0 Å². The van der Waals surface area contributed by atoms with Crippen molar-refractivity contribution in [2.45, 2.75) is 40.0 Å². The SMILES string of the molecule is C=C(N)NCCCCC(C)(C)C. The summed E-state index contributed by atoms with van der Waals surface area (Å²) in [5, 5.41) is 3.02. The van der Waals surface area contributed by atoms with Crippen LogP contribution in [0, 0.1) is 5.41 Å². The molecule has 0 amide bonds. The molecule has 0 atom stereocenters. The monoisotopic (exact) mass is 170 g/mol. The molecule has 0 fully saturated rings. The molecule has 12 heavy (non-hydrogen) atoms. The summed E-state index contributed by atoms with van der Waals surface area (Å²) in [6.45, 7) is 11.3. The van der Waals surface area contributed by atoms with Crippen molar-refractivity contribution in [2.75, 3.05) is 6.54 Å². The lowest BCUT2D eigenvalue weighted by Gasteiger charge is -2.17. The number of nitrogens with two attached hydrogens (primary N) is 1. The summed E-state index contributed by atoms with van der Waals surface area (Å²) in [6.07, 6.45) is 3.70. The van der Waals surface area contributed by atoms with Gasteiger partial charge in [0.05, 0.1) is 5.82 Å². The number of hydrogen-bond donors (Lipinski definition) is 2. The van der Waals surface area contributed by atoms with Crippen LogP contribution in [0.1, 0.15) is 40.0 Å². The fourth-order valence-electron chi connectivity index (χ4n) is 1.03. The Morgan fingerprint density at radius 2 is 1.92 bits per heavy atom. The molecule has 0 heterocycles. The Morgan fingerprint density at radius 1 is 1.33 bits per heavy atom. The third-order valence-corrected chi connectivity index (χ3v) is 1.71. The van der Waals surface area contributed by atoms with Crippen molar-refractivity contribution in [2.24, 2.45) is 11.1 Å². The molecule has 72 valence electrons. The van der Waals surface area contributed by atoms with Gasteiger partial charge in [-0.1, -0.05) is 33.8 Å². The maximum absolute atomic E-state index is 5.35. The van der Waals surface area contributed by atoms with E-state index in [0.29, 0.717) is 11.2 Å². The topological polar surface area (TPSA) is 38.0 Å². The van der Waals surface area contributed by atoms with E-state index >= 15 is 0 Å². The molecule has 3 N–H and O–H groups in total. The van der Waals surface area contributed by atoms with Gasteiger partial charge < -0.3 is 11.1 Å². The molecule has 0 saturated heterocycles. The molecular formula is C10H22N2. The lowest BCUT2D eigenvalue weighted by atomic mass is 9.90. The molecule has 0 spiro atoms. The van der Waals surface area contributed by atoms with E-state index in [2.05, 4.69) is 32.7 Å². The zero-order valence-electron chi connectivity index (χ0n) is 8.61. The molecule has 2 heteroatoms. The van der Waals surface area contributed by atoms with Gasteiger partial charge >= 0.3 is 0 Å². The van der Waals surface area contributed by atoms with E-state index < -0.39 is 0 Å². The van der Waals surface area contributed by atoms with Crippen molar-refractivity contribution < 1.29 is 0 Å². The van der Waals surface area contributed by atoms with E-state index in [1.165, 1.54) is 19.3 Å². The first kappa shape index (κ1) is 11.3. The van der Waals surface area contributed by atoms with Crippen LogP contribution < -0.4 is 11.1 Å². The molecule has 0 aliphatic carbocycles. The first-order valence-electron chi connectivity index (χ1n) is 4.60. The largest absolute Gasteiger partial charge is 0.386 e. The molecule has 0 rings (SSSR count). The van der Waals surface area contributed by atoms with Crippen LogP contribution in [0.5, 0.6) is 0 Å². The van der Waals surface area contributed by atoms with Crippen molar-refractivity contribution in [1.82, 2.24) is 5.32 Å². The lowest BCUT2D eigenvalue weighted by Crippen LogP contribution is -2.20. The van der Waals surface area contributed by atoms with Gasteiger partial charge in [0.2, 0.25) is 0 Å². The standard InChI is InChI=1S/C10H22N2/c1-9(11)12-8-6-5-7-10(2,3)4/h12H,1,5-8,11H2,2-4H3. The van der Waals surface area contributed by atoms with Gasteiger partial charge in [-0.25, -0.2) is 0 Å². The summed E-state index contributed by atoms with van der Waals surface area (Å²) in [5.74, 6) is 0.575. The second-order valence-electron chi connectivity index (χ2n) is 4.47. The van der Waals surface area contributed by atoms with Gasteiger partial charge in [-0.3, -0.25) is 0 Å². The van der Waals surface area contributed by atoms with Gasteiger partial charge in [-0.2, -0.15) is 0 Å². The van der Waals surface area contributed by atoms with Crippen LogP contribution in [0.2, 0.25) is 0 Å². The van der Waals surface area contributed by atoms with Gasteiger partial charge in [0.15, 0.2) is 0 Å². The number of hydrogen-bond acceptors (Lipinski definition) is 2. The van der Waals surface area contributed by atoms with E-state index in [-0.39, 0.29) is 0 Å². The highest BCUT2D eigenvalue weighted by Gasteiger charge is 2.08. The second kappa shape index (κ2) is 5.07. The van der Waals surface area contributed by atoms with Gasteiger partial charge in [0.25, 0.3) is 0 Å². The van der Waals surface area contributed by atoms with Gasteiger partial charge in [0, 0.05) is 6.54 Å². The highest BCUT2D eigenvalue weighted by Crippen LogP contribution is 2.20. The molecule has 2 nitrogen and oxygen atoms in total. The predicted molar refractivity (Wildman–Crippen MR) is 54.6 cm³/mol. The summed E-state index contributed by atoms with van der Waals surface area (Å²) in [4.78, 5) is 0. The Kier molecular flexibility index (Phi) is 4.79. The molecule has 0 unspecified atom stereocenters. The molecule has 0 aromatic heterocycles. The fourth-order valence-corrected chi connectivity index (χ4v) is 1.03. The fraction of sp³-hybridized carbons (Fsp3) is 0.800. The molecule has 0 aromatic rings. The molecule has 0 bridgehead atoms.